The molecule has 1 fully saturated rings. The van der Waals surface area contributed by atoms with Crippen LogP contribution in [0.2, 0.25) is 0 Å². The average Bonchev–Trinajstić information content (AvgIpc) is 2.90. The molecule has 21 heavy (non-hydrogen) atoms. The molecule has 1 unspecified atom stereocenters. The molecule has 0 aliphatic carbocycles. The van der Waals surface area contributed by atoms with Gasteiger partial charge in [0, 0.05) is 43.1 Å². The van der Waals surface area contributed by atoms with Crippen molar-refractivity contribution in [3.8, 4) is 0 Å². The van der Waals surface area contributed by atoms with E-state index in [0.717, 1.165) is 32.6 Å². The third kappa shape index (κ3) is 3.76. The van der Waals surface area contributed by atoms with Gasteiger partial charge in [0.25, 0.3) is 0 Å². The van der Waals surface area contributed by atoms with Crippen LogP contribution in [0.1, 0.15) is 57.5 Å². The highest BCUT2D eigenvalue weighted by Gasteiger charge is 2.27. The molecule has 5 heteroatoms. The molecule has 1 aromatic heterocycles. The summed E-state index contributed by atoms with van der Waals surface area (Å²) in [6.45, 7) is 16.3. The van der Waals surface area contributed by atoms with Crippen LogP contribution in [0.15, 0.2) is 0 Å². The van der Waals surface area contributed by atoms with Crippen molar-refractivity contribution in [3.63, 3.8) is 0 Å². The molecule has 2 heterocycles. The SMILES string of the molecule is CCC(C)c1nc(N2CCN(C(C)(C)C)CC2)sc1CN. The van der Waals surface area contributed by atoms with Crippen molar-refractivity contribution in [2.24, 2.45) is 5.73 Å². The van der Waals surface area contributed by atoms with Gasteiger partial charge in [-0.25, -0.2) is 4.98 Å². The van der Waals surface area contributed by atoms with Crippen molar-refractivity contribution in [1.82, 2.24) is 9.88 Å². The Balaban J connectivity index is 2.08. The zero-order valence-electron chi connectivity index (χ0n) is 14.1. The molecule has 120 valence electrons. The maximum Gasteiger partial charge on any atom is 0.185 e. The van der Waals surface area contributed by atoms with Crippen molar-refractivity contribution in [2.75, 3.05) is 31.1 Å². The topological polar surface area (TPSA) is 45.4 Å². The van der Waals surface area contributed by atoms with Crippen molar-refractivity contribution in [3.05, 3.63) is 10.6 Å². The van der Waals surface area contributed by atoms with Gasteiger partial charge in [0.2, 0.25) is 0 Å². The standard InChI is InChI=1S/C16H30N4S/c1-6-12(2)14-13(11-17)21-15(18-14)19-7-9-20(10-8-19)16(3,4)5/h12H,6-11,17H2,1-5H3. The molecule has 0 bridgehead atoms. The second-order valence-electron chi connectivity index (χ2n) is 6.96. The van der Waals surface area contributed by atoms with Crippen LogP contribution in [0.25, 0.3) is 0 Å². The largest absolute Gasteiger partial charge is 0.346 e. The number of nitrogens with two attached hydrogens (primary N) is 1. The minimum Gasteiger partial charge on any atom is -0.346 e. The average molecular weight is 311 g/mol. The van der Waals surface area contributed by atoms with Gasteiger partial charge in [-0.15, -0.1) is 11.3 Å². The second-order valence-corrected chi connectivity index (χ2v) is 8.03. The summed E-state index contributed by atoms with van der Waals surface area (Å²) in [5, 5.41) is 1.17. The highest BCUT2D eigenvalue weighted by atomic mass is 32.1. The summed E-state index contributed by atoms with van der Waals surface area (Å²) in [6, 6.07) is 0. The van der Waals surface area contributed by atoms with Crippen LogP contribution in [0.5, 0.6) is 0 Å². The number of hydrogen-bond acceptors (Lipinski definition) is 5. The molecule has 0 saturated carbocycles. The van der Waals surface area contributed by atoms with Gasteiger partial charge in [0.05, 0.1) is 5.69 Å². The number of piperazine rings is 1. The van der Waals surface area contributed by atoms with E-state index in [1.54, 1.807) is 11.3 Å². The third-order valence-electron chi connectivity index (χ3n) is 4.48. The van der Waals surface area contributed by atoms with E-state index in [0.29, 0.717) is 12.5 Å². The lowest BCUT2D eigenvalue weighted by Gasteiger charge is -2.42. The lowest BCUT2D eigenvalue weighted by atomic mass is 10.0. The summed E-state index contributed by atoms with van der Waals surface area (Å²) in [4.78, 5) is 11.2. The smallest absolute Gasteiger partial charge is 0.185 e. The fraction of sp³-hybridized carbons (Fsp3) is 0.812. The molecular formula is C16H30N4S. The van der Waals surface area contributed by atoms with Crippen LogP contribution in [0, 0.1) is 0 Å². The van der Waals surface area contributed by atoms with Crippen LogP contribution in [0.4, 0.5) is 5.13 Å². The number of aromatic nitrogens is 1. The molecular weight excluding hydrogens is 280 g/mol. The van der Waals surface area contributed by atoms with E-state index >= 15 is 0 Å². The summed E-state index contributed by atoms with van der Waals surface area (Å²) in [5.74, 6) is 0.504. The molecule has 4 nitrogen and oxygen atoms in total. The van der Waals surface area contributed by atoms with Crippen LogP contribution in [-0.2, 0) is 6.54 Å². The second kappa shape index (κ2) is 6.63. The predicted octanol–water partition coefficient (Wildman–Crippen LogP) is 3.04. The van der Waals surface area contributed by atoms with Gasteiger partial charge in [-0.1, -0.05) is 13.8 Å². The zero-order chi connectivity index (χ0) is 15.6. The Labute approximate surface area is 133 Å². The van der Waals surface area contributed by atoms with Crippen molar-refractivity contribution in [1.29, 1.82) is 0 Å². The van der Waals surface area contributed by atoms with Gasteiger partial charge in [0.1, 0.15) is 0 Å². The molecule has 2 N–H and O–H groups in total. The summed E-state index contributed by atoms with van der Waals surface area (Å²) in [6.07, 6.45) is 1.12. The van der Waals surface area contributed by atoms with Gasteiger partial charge < -0.3 is 10.6 Å². The molecule has 0 radical (unpaired) electrons. The maximum absolute atomic E-state index is 5.91. The molecule has 1 aliphatic heterocycles. The summed E-state index contributed by atoms with van der Waals surface area (Å²) in [5.41, 5.74) is 7.39. The minimum absolute atomic E-state index is 0.263. The van der Waals surface area contributed by atoms with E-state index in [-0.39, 0.29) is 5.54 Å². The summed E-state index contributed by atoms with van der Waals surface area (Å²) >= 11 is 1.79. The fourth-order valence-electron chi connectivity index (χ4n) is 2.78. The van der Waals surface area contributed by atoms with Crippen molar-refractivity contribution < 1.29 is 0 Å². The quantitative estimate of drug-likeness (QED) is 0.928. The monoisotopic (exact) mass is 310 g/mol. The normalized spacial score (nSPS) is 19.0. The van der Waals surface area contributed by atoms with Gasteiger partial charge >= 0.3 is 0 Å². The van der Waals surface area contributed by atoms with Crippen LogP contribution in [0.3, 0.4) is 0 Å². The van der Waals surface area contributed by atoms with Gasteiger partial charge in [-0.3, -0.25) is 4.90 Å². The Kier molecular flexibility index (Phi) is 5.28. The number of thiazole rings is 1. The van der Waals surface area contributed by atoms with E-state index in [2.05, 4.69) is 44.4 Å². The number of anilines is 1. The predicted molar refractivity (Wildman–Crippen MR) is 92.3 cm³/mol. The maximum atomic E-state index is 5.91. The van der Waals surface area contributed by atoms with Gasteiger partial charge in [-0.05, 0) is 33.1 Å². The van der Waals surface area contributed by atoms with Crippen molar-refractivity contribution >= 4 is 16.5 Å². The highest BCUT2D eigenvalue weighted by molar-refractivity contribution is 7.15. The first-order chi connectivity index (χ1) is 9.86. The Hall–Kier alpha value is -0.650. The molecule has 0 spiro atoms. The van der Waals surface area contributed by atoms with E-state index in [9.17, 15) is 0 Å². The number of hydrogen-bond donors (Lipinski definition) is 1. The lowest BCUT2D eigenvalue weighted by molar-refractivity contribution is 0.128. The van der Waals surface area contributed by atoms with Crippen LogP contribution in [-0.4, -0.2) is 41.6 Å². The fourth-order valence-corrected chi connectivity index (χ4v) is 3.89. The Bertz CT molecular complexity index is 455. The minimum atomic E-state index is 0.263. The zero-order valence-corrected chi connectivity index (χ0v) is 15.0. The number of nitrogens with zero attached hydrogens (tertiary/aromatic N) is 3. The third-order valence-corrected chi connectivity index (χ3v) is 5.63. The van der Waals surface area contributed by atoms with E-state index < -0.39 is 0 Å². The first-order valence-electron chi connectivity index (χ1n) is 8.06. The highest BCUT2D eigenvalue weighted by Crippen LogP contribution is 2.32. The van der Waals surface area contributed by atoms with E-state index in [4.69, 9.17) is 10.7 Å². The van der Waals surface area contributed by atoms with E-state index in [1.807, 2.05) is 0 Å². The van der Waals surface area contributed by atoms with Gasteiger partial charge in [-0.2, -0.15) is 0 Å². The molecule has 1 aromatic rings. The molecule has 1 saturated heterocycles. The van der Waals surface area contributed by atoms with Gasteiger partial charge in [0.15, 0.2) is 5.13 Å². The summed E-state index contributed by atoms with van der Waals surface area (Å²) in [7, 11) is 0. The van der Waals surface area contributed by atoms with Crippen LogP contribution >= 0.6 is 11.3 Å². The molecule has 0 aromatic carbocycles. The molecule has 1 atom stereocenters. The summed E-state index contributed by atoms with van der Waals surface area (Å²) < 4.78 is 0. The first kappa shape index (κ1) is 16.7. The Morgan fingerprint density at radius 1 is 1.24 bits per heavy atom. The van der Waals surface area contributed by atoms with Crippen molar-refractivity contribution in [2.45, 2.75) is 59.0 Å². The Morgan fingerprint density at radius 2 is 1.86 bits per heavy atom. The molecule has 0 amide bonds. The molecule has 1 aliphatic rings. The molecule has 2 rings (SSSR count). The van der Waals surface area contributed by atoms with Crippen LogP contribution < -0.4 is 10.6 Å². The lowest BCUT2D eigenvalue weighted by Crippen LogP contribution is -2.53. The first-order valence-corrected chi connectivity index (χ1v) is 8.88. The Morgan fingerprint density at radius 3 is 2.33 bits per heavy atom. The van der Waals surface area contributed by atoms with E-state index in [1.165, 1.54) is 15.7 Å². The number of rotatable bonds is 4.